The SMILES string of the molecule is CC(/C=C/C=O)=C\C=C\C(C)=C\C=C\C(C)=C\C=C\C=C(C)\C=C\C=C(C)\C=C\C=C(C)\C=C\C=O. The molecular formula is C34H40O2. The van der Waals surface area contributed by atoms with Crippen molar-refractivity contribution in [1.82, 2.24) is 0 Å². The Morgan fingerprint density at radius 3 is 0.722 bits per heavy atom. The molecule has 0 aliphatic rings. The van der Waals surface area contributed by atoms with Crippen LogP contribution in [0.3, 0.4) is 0 Å². The van der Waals surface area contributed by atoms with Gasteiger partial charge in [0, 0.05) is 0 Å². The lowest BCUT2D eigenvalue weighted by molar-refractivity contribution is -0.104. The van der Waals surface area contributed by atoms with Gasteiger partial charge in [-0.2, -0.15) is 0 Å². The summed E-state index contributed by atoms with van der Waals surface area (Å²) in [4.78, 5) is 20.6. The smallest absolute Gasteiger partial charge is 0.142 e. The maximum atomic E-state index is 10.3. The molecule has 0 radical (unpaired) electrons. The van der Waals surface area contributed by atoms with Crippen molar-refractivity contribution in [3.63, 3.8) is 0 Å². The second kappa shape index (κ2) is 21.5. The van der Waals surface area contributed by atoms with Crippen molar-refractivity contribution in [2.24, 2.45) is 0 Å². The third-order valence-electron chi connectivity index (χ3n) is 4.58. The third kappa shape index (κ3) is 20.6. The van der Waals surface area contributed by atoms with E-state index in [1.165, 1.54) is 12.2 Å². The number of aldehydes is 2. The fourth-order valence-corrected chi connectivity index (χ4v) is 2.54. The van der Waals surface area contributed by atoms with E-state index >= 15 is 0 Å². The van der Waals surface area contributed by atoms with Crippen LogP contribution in [0, 0.1) is 0 Å². The quantitative estimate of drug-likeness (QED) is 0.141. The Labute approximate surface area is 218 Å². The first-order valence-electron chi connectivity index (χ1n) is 11.9. The molecule has 0 rings (SSSR count). The second-order valence-electron chi connectivity index (χ2n) is 8.28. The van der Waals surface area contributed by atoms with Gasteiger partial charge in [-0.3, -0.25) is 9.59 Å². The first kappa shape index (κ1) is 32.0. The number of hydrogen-bond acceptors (Lipinski definition) is 2. The molecule has 0 heterocycles. The molecule has 0 fully saturated rings. The zero-order valence-corrected chi connectivity index (χ0v) is 22.5. The fraction of sp³-hybridized carbons (Fsp3) is 0.176. The van der Waals surface area contributed by atoms with Crippen LogP contribution < -0.4 is 0 Å². The second-order valence-corrected chi connectivity index (χ2v) is 8.28. The largest absolute Gasteiger partial charge is 0.299 e. The Bertz CT molecular complexity index is 1010. The average molecular weight is 481 g/mol. The molecule has 0 spiro atoms. The minimum absolute atomic E-state index is 0.775. The molecule has 0 aliphatic heterocycles. The van der Waals surface area contributed by atoms with Crippen molar-refractivity contribution < 1.29 is 9.59 Å². The molecule has 36 heavy (non-hydrogen) atoms. The summed E-state index contributed by atoms with van der Waals surface area (Å²) in [6.07, 6.45) is 40.6. The van der Waals surface area contributed by atoms with E-state index in [0.717, 1.165) is 46.0 Å². The summed E-state index contributed by atoms with van der Waals surface area (Å²) >= 11 is 0. The van der Waals surface area contributed by atoms with E-state index in [-0.39, 0.29) is 0 Å². The summed E-state index contributed by atoms with van der Waals surface area (Å²) in [7, 11) is 0. The van der Waals surface area contributed by atoms with Gasteiger partial charge in [0.2, 0.25) is 0 Å². The van der Waals surface area contributed by atoms with Crippen LogP contribution in [-0.4, -0.2) is 12.6 Å². The summed E-state index contributed by atoms with van der Waals surface area (Å²) in [5, 5.41) is 0. The highest BCUT2D eigenvalue weighted by Crippen LogP contribution is 2.04. The first-order valence-corrected chi connectivity index (χ1v) is 11.9. The molecule has 0 aromatic carbocycles. The number of hydrogen-bond donors (Lipinski definition) is 0. The molecule has 0 atom stereocenters. The summed E-state index contributed by atoms with van der Waals surface area (Å²) in [6, 6.07) is 0. The Balaban J connectivity index is 4.77. The Kier molecular flexibility index (Phi) is 19.1. The van der Waals surface area contributed by atoms with E-state index in [1.807, 2.05) is 88.5 Å². The molecule has 0 saturated carbocycles. The molecule has 0 unspecified atom stereocenters. The van der Waals surface area contributed by atoms with Gasteiger partial charge < -0.3 is 0 Å². The predicted molar refractivity (Wildman–Crippen MR) is 159 cm³/mol. The molecule has 0 aromatic heterocycles. The highest BCUT2D eigenvalue weighted by Gasteiger charge is 1.83. The van der Waals surface area contributed by atoms with Crippen molar-refractivity contribution in [3.8, 4) is 0 Å². The molecule has 0 N–H and O–H groups in total. The summed E-state index contributed by atoms with van der Waals surface area (Å²) in [6.45, 7) is 12.1. The van der Waals surface area contributed by atoms with Crippen LogP contribution in [0.2, 0.25) is 0 Å². The summed E-state index contributed by atoms with van der Waals surface area (Å²) < 4.78 is 0. The molecule has 0 saturated heterocycles. The van der Waals surface area contributed by atoms with Gasteiger partial charge in [0.25, 0.3) is 0 Å². The van der Waals surface area contributed by atoms with E-state index in [2.05, 4.69) is 50.3 Å². The van der Waals surface area contributed by atoms with Crippen molar-refractivity contribution >= 4 is 12.6 Å². The highest BCUT2D eigenvalue weighted by atomic mass is 16.1. The van der Waals surface area contributed by atoms with Crippen LogP contribution in [0.25, 0.3) is 0 Å². The molecule has 0 bridgehead atoms. The zero-order chi connectivity index (χ0) is 27.0. The van der Waals surface area contributed by atoms with Crippen molar-refractivity contribution in [2.45, 2.75) is 41.5 Å². The van der Waals surface area contributed by atoms with Gasteiger partial charge in [0.1, 0.15) is 12.6 Å². The van der Waals surface area contributed by atoms with Crippen LogP contribution in [0.1, 0.15) is 41.5 Å². The van der Waals surface area contributed by atoms with Gasteiger partial charge in [-0.1, -0.05) is 143 Å². The van der Waals surface area contributed by atoms with Crippen LogP contribution in [0.15, 0.2) is 155 Å². The van der Waals surface area contributed by atoms with Crippen molar-refractivity contribution in [2.75, 3.05) is 0 Å². The van der Waals surface area contributed by atoms with E-state index in [9.17, 15) is 9.59 Å². The predicted octanol–water partition coefficient (Wildman–Crippen LogP) is 8.96. The molecule has 0 aliphatic carbocycles. The van der Waals surface area contributed by atoms with Gasteiger partial charge in [-0.05, 0) is 53.7 Å². The van der Waals surface area contributed by atoms with Crippen LogP contribution in [0.5, 0.6) is 0 Å². The monoisotopic (exact) mass is 480 g/mol. The minimum atomic E-state index is 0.775. The molecular weight excluding hydrogens is 440 g/mol. The van der Waals surface area contributed by atoms with Crippen molar-refractivity contribution in [3.05, 3.63) is 155 Å². The van der Waals surface area contributed by atoms with E-state index in [4.69, 9.17) is 0 Å². The maximum Gasteiger partial charge on any atom is 0.142 e. The number of carbonyl (C=O) groups excluding carboxylic acids is 2. The number of allylic oxidation sites excluding steroid dienone is 26. The van der Waals surface area contributed by atoms with Gasteiger partial charge in [0.05, 0.1) is 0 Å². The maximum absolute atomic E-state index is 10.3. The Morgan fingerprint density at radius 1 is 0.306 bits per heavy atom. The molecule has 0 aromatic rings. The van der Waals surface area contributed by atoms with E-state index < -0.39 is 0 Å². The molecule has 188 valence electrons. The van der Waals surface area contributed by atoms with E-state index in [1.54, 1.807) is 12.2 Å². The minimum Gasteiger partial charge on any atom is -0.299 e. The third-order valence-corrected chi connectivity index (χ3v) is 4.58. The lowest BCUT2D eigenvalue weighted by atomic mass is 10.2. The zero-order valence-electron chi connectivity index (χ0n) is 22.5. The number of carbonyl (C=O) groups is 2. The van der Waals surface area contributed by atoms with Gasteiger partial charge in [-0.25, -0.2) is 0 Å². The van der Waals surface area contributed by atoms with Gasteiger partial charge in [-0.15, -0.1) is 0 Å². The topological polar surface area (TPSA) is 34.1 Å². The summed E-state index contributed by atoms with van der Waals surface area (Å²) in [5.41, 5.74) is 6.65. The average Bonchev–Trinajstić information content (AvgIpc) is 2.84. The molecule has 2 heteroatoms. The van der Waals surface area contributed by atoms with Gasteiger partial charge >= 0.3 is 0 Å². The van der Waals surface area contributed by atoms with Crippen LogP contribution in [-0.2, 0) is 9.59 Å². The molecule has 2 nitrogen and oxygen atoms in total. The Hall–Kier alpha value is -4.04. The highest BCUT2D eigenvalue weighted by molar-refractivity contribution is 5.66. The first-order chi connectivity index (χ1) is 17.3. The van der Waals surface area contributed by atoms with E-state index in [0.29, 0.717) is 0 Å². The summed E-state index contributed by atoms with van der Waals surface area (Å²) in [5.74, 6) is 0. The standard InChI is InChI=1S/C34H40O2/c1-29(17-9-19-31(3)21-11-23-33(5)25-13-27-35)15-7-8-16-30(2)18-10-20-32(4)22-12-24-34(6)26-14-28-36/h7-28H,1-6H3/b8-7+,17-9+,18-10+,21-11+,22-12+,25-13+,26-14+,29-15+,30-16+,31-19+,32-20+,33-23+,34-24+. The number of rotatable bonds is 14. The van der Waals surface area contributed by atoms with Gasteiger partial charge in [0.15, 0.2) is 0 Å². The lowest BCUT2D eigenvalue weighted by Gasteiger charge is -1.91. The molecule has 0 amide bonds. The Morgan fingerprint density at radius 2 is 0.500 bits per heavy atom. The fourth-order valence-electron chi connectivity index (χ4n) is 2.54. The normalized spacial score (nSPS) is 15.9. The van der Waals surface area contributed by atoms with Crippen LogP contribution in [0.4, 0.5) is 0 Å². The van der Waals surface area contributed by atoms with Crippen molar-refractivity contribution in [1.29, 1.82) is 0 Å². The lowest BCUT2D eigenvalue weighted by Crippen LogP contribution is -1.70. The van der Waals surface area contributed by atoms with Crippen LogP contribution >= 0.6 is 0 Å².